The lowest BCUT2D eigenvalue weighted by Crippen LogP contribution is -2.13. The first-order valence-corrected chi connectivity index (χ1v) is 5.67. The summed E-state index contributed by atoms with van der Waals surface area (Å²) in [4.78, 5) is 3.92. The van der Waals surface area contributed by atoms with Gasteiger partial charge in [-0.15, -0.1) is 0 Å². The molecule has 2 heterocycles. The van der Waals surface area contributed by atoms with Crippen LogP contribution in [-0.4, -0.2) is 16.7 Å². The van der Waals surface area contributed by atoms with Gasteiger partial charge in [-0.1, -0.05) is 17.3 Å². The Morgan fingerprint density at radius 3 is 3.29 bits per heavy atom. The monoisotopic (exact) mass is 231 g/mol. The van der Waals surface area contributed by atoms with Crippen LogP contribution in [0, 0.1) is 0 Å². The average Bonchev–Trinajstić information content (AvgIpc) is 2.89. The van der Waals surface area contributed by atoms with Gasteiger partial charge in [0.15, 0.2) is 6.61 Å². The highest BCUT2D eigenvalue weighted by Crippen LogP contribution is 2.32. The number of nitrogens with one attached hydrogen (secondary N) is 1. The van der Waals surface area contributed by atoms with Crippen molar-refractivity contribution >= 4 is 5.69 Å². The van der Waals surface area contributed by atoms with Gasteiger partial charge in [0.1, 0.15) is 5.75 Å². The first kappa shape index (κ1) is 10.1. The van der Waals surface area contributed by atoms with E-state index in [-0.39, 0.29) is 0 Å². The van der Waals surface area contributed by atoms with Gasteiger partial charge < -0.3 is 14.6 Å². The van der Waals surface area contributed by atoms with Gasteiger partial charge in [-0.2, -0.15) is 4.98 Å². The molecule has 0 aliphatic carbocycles. The molecule has 3 rings (SSSR count). The maximum atomic E-state index is 5.70. The van der Waals surface area contributed by atoms with Crippen molar-refractivity contribution in [2.45, 2.75) is 19.4 Å². The van der Waals surface area contributed by atoms with Crippen LogP contribution in [0.1, 0.15) is 17.8 Å². The number of fused-ring (bicyclic) bond motifs is 1. The first-order valence-electron chi connectivity index (χ1n) is 5.67. The number of aryl methyl sites for hydroxylation is 1. The Balaban J connectivity index is 1.78. The molecule has 17 heavy (non-hydrogen) atoms. The Morgan fingerprint density at radius 1 is 1.41 bits per heavy atom. The van der Waals surface area contributed by atoms with Gasteiger partial charge in [-0.3, -0.25) is 0 Å². The number of hydrogen-bond donors (Lipinski definition) is 1. The fourth-order valence-corrected chi connectivity index (χ4v) is 2.00. The lowest BCUT2D eigenvalue weighted by molar-refractivity contribution is 0.287. The summed E-state index contributed by atoms with van der Waals surface area (Å²) in [6.07, 6.45) is 3.57. The molecule has 0 radical (unpaired) electrons. The number of hydrogen-bond acceptors (Lipinski definition) is 5. The summed E-state index contributed by atoms with van der Waals surface area (Å²) >= 11 is 0. The molecule has 1 aromatic carbocycles. The zero-order valence-corrected chi connectivity index (χ0v) is 9.35. The highest BCUT2D eigenvalue weighted by molar-refractivity contribution is 5.63. The molecule has 1 aliphatic heterocycles. The van der Waals surface area contributed by atoms with E-state index in [9.17, 15) is 0 Å². The fourth-order valence-electron chi connectivity index (χ4n) is 2.00. The lowest BCUT2D eigenvalue weighted by atomic mass is 10.0. The van der Waals surface area contributed by atoms with Crippen LogP contribution in [0.15, 0.2) is 29.1 Å². The molecule has 1 aliphatic rings. The zero-order chi connectivity index (χ0) is 11.5. The summed E-state index contributed by atoms with van der Waals surface area (Å²) in [6.45, 7) is 1.32. The second-order valence-electron chi connectivity index (χ2n) is 3.96. The summed E-state index contributed by atoms with van der Waals surface area (Å²) < 4.78 is 10.4. The predicted octanol–water partition coefficient (Wildman–Crippen LogP) is 2.01. The van der Waals surface area contributed by atoms with E-state index in [0.717, 1.165) is 24.4 Å². The molecule has 2 aromatic rings. The number of benzene rings is 1. The third kappa shape index (κ3) is 2.08. The van der Waals surface area contributed by atoms with Crippen molar-refractivity contribution in [3.8, 4) is 5.75 Å². The summed E-state index contributed by atoms with van der Waals surface area (Å²) in [6, 6.07) is 6.09. The summed E-state index contributed by atoms with van der Waals surface area (Å²) in [5.74, 6) is 1.41. The van der Waals surface area contributed by atoms with E-state index in [1.165, 1.54) is 18.4 Å². The van der Waals surface area contributed by atoms with Crippen molar-refractivity contribution in [2.75, 3.05) is 11.9 Å². The third-order valence-electron chi connectivity index (χ3n) is 2.80. The van der Waals surface area contributed by atoms with Crippen molar-refractivity contribution in [3.05, 3.63) is 36.0 Å². The molecular formula is C12H13N3O2. The summed E-state index contributed by atoms with van der Waals surface area (Å²) in [5.41, 5.74) is 2.41. The van der Waals surface area contributed by atoms with Crippen molar-refractivity contribution in [3.63, 3.8) is 0 Å². The minimum atomic E-state index is 0.328. The van der Waals surface area contributed by atoms with Gasteiger partial charge >= 0.3 is 0 Å². The van der Waals surface area contributed by atoms with E-state index in [4.69, 9.17) is 4.74 Å². The van der Waals surface area contributed by atoms with Crippen molar-refractivity contribution < 1.29 is 9.26 Å². The smallest absolute Gasteiger partial charge is 0.213 e. The number of rotatable bonds is 3. The Kier molecular flexibility index (Phi) is 2.65. The zero-order valence-electron chi connectivity index (χ0n) is 9.35. The van der Waals surface area contributed by atoms with Crippen LogP contribution in [0.4, 0.5) is 5.69 Å². The number of aromatic nitrogens is 2. The molecule has 88 valence electrons. The number of para-hydroxylation sites is 1. The minimum absolute atomic E-state index is 0.328. The molecule has 0 saturated carbocycles. The molecule has 5 heteroatoms. The number of nitrogens with zero attached hydrogens (tertiary/aromatic N) is 2. The van der Waals surface area contributed by atoms with Crippen molar-refractivity contribution in [1.29, 1.82) is 0 Å². The molecule has 0 unspecified atom stereocenters. The van der Waals surface area contributed by atoms with Crippen LogP contribution in [0.5, 0.6) is 5.75 Å². The van der Waals surface area contributed by atoms with Gasteiger partial charge in [-0.25, -0.2) is 0 Å². The van der Waals surface area contributed by atoms with Gasteiger partial charge in [0, 0.05) is 6.54 Å². The number of anilines is 1. The van der Waals surface area contributed by atoms with E-state index < -0.39 is 0 Å². The van der Waals surface area contributed by atoms with Gasteiger partial charge in [0.05, 0.1) is 5.69 Å². The highest BCUT2D eigenvalue weighted by atomic mass is 16.5. The third-order valence-corrected chi connectivity index (χ3v) is 2.80. The molecule has 0 atom stereocenters. The molecule has 0 fully saturated rings. The Hall–Kier alpha value is -2.04. The lowest BCUT2D eigenvalue weighted by Gasteiger charge is -2.20. The maximum Gasteiger partial charge on any atom is 0.213 e. The molecule has 0 spiro atoms. The SMILES string of the molecule is c1cc2c(c(OCc3ncon3)c1)NCCC2. The van der Waals surface area contributed by atoms with Gasteiger partial charge in [-0.05, 0) is 24.5 Å². The molecular weight excluding hydrogens is 218 g/mol. The molecule has 5 nitrogen and oxygen atoms in total. The van der Waals surface area contributed by atoms with E-state index in [1.54, 1.807) is 0 Å². The van der Waals surface area contributed by atoms with Gasteiger partial charge in [0.25, 0.3) is 0 Å². The van der Waals surface area contributed by atoms with E-state index in [2.05, 4.69) is 26.0 Å². The van der Waals surface area contributed by atoms with Crippen LogP contribution >= 0.6 is 0 Å². The number of ether oxygens (including phenoxy) is 1. The first-order chi connectivity index (χ1) is 8.43. The Morgan fingerprint density at radius 2 is 2.41 bits per heavy atom. The Labute approximate surface area is 98.8 Å². The predicted molar refractivity (Wildman–Crippen MR) is 61.9 cm³/mol. The largest absolute Gasteiger partial charge is 0.483 e. The van der Waals surface area contributed by atoms with Gasteiger partial charge in [0.2, 0.25) is 12.2 Å². The van der Waals surface area contributed by atoms with Crippen LogP contribution in [0.2, 0.25) is 0 Å². The van der Waals surface area contributed by atoms with E-state index in [0.29, 0.717) is 12.4 Å². The van der Waals surface area contributed by atoms with Crippen LogP contribution in [-0.2, 0) is 13.0 Å². The second kappa shape index (κ2) is 4.45. The Bertz CT molecular complexity index is 496. The standard InChI is InChI=1S/C12H13N3O2/c1-3-9-4-2-6-13-12(9)10(5-1)16-7-11-14-8-17-15-11/h1,3,5,8,13H,2,4,6-7H2. The topological polar surface area (TPSA) is 60.2 Å². The van der Waals surface area contributed by atoms with Crippen LogP contribution in [0.25, 0.3) is 0 Å². The molecule has 1 aromatic heterocycles. The fraction of sp³-hybridized carbons (Fsp3) is 0.333. The summed E-state index contributed by atoms with van der Waals surface area (Å²) in [7, 11) is 0. The highest BCUT2D eigenvalue weighted by Gasteiger charge is 2.13. The minimum Gasteiger partial charge on any atom is -0.483 e. The second-order valence-corrected chi connectivity index (χ2v) is 3.96. The van der Waals surface area contributed by atoms with Crippen LogP contribution in [0.3, 0.4) is 0 Å². The van der Waals surface area contributed by atoms with Crippen molar-refractivity contribution in [2.24, 2.45) is 0 Å². The normalized spacial score (nSPS) is 13.9. The average molecular weight is 231 g/mol. The van der Waals surface area contributed by atoms with Crippen molar-refractivity contribution in [1.82, 2.24) is 10.1 Å². The maximum absolute atomic E-state index is 5.70. The quantitative estimate of drug-likeness (QED) is 0.875. The van der Waals surface area contributed by atoms with E-state index >= 15 is 0 Å². The molecule has 1 N–H and O–H groups in total. The van der Waals surface area contributed by atoms with E-state index in [1.807, 2.05) is 12.1 Å². The molecule has 0 bridgehead atoms. The molecule has 0 amide bonds. The summed E-state index contributed by atoms with van der Waals surface area (Å²) in [5, 5.41) is 7.08. The molecule has 0 saturated heterocycles. The van der Waals surface area contributed by atoms with Crippen LogP contribution < -0.4 is 10.1 Å².